The zero-order valence-corrected chi connectivity index (χ0v) is 10.3. The largest absolute Gasteiger partial charge is 0.316 e. The first-order chi connectivity index (χ1) is 7.73. The van der Waals surface area contributed by atoms with Crippen molar-refractivity contribution < 1.29 is 4.79 Å². The summed E-state index contributed by atoms with van der Waals surface area (Å²) in [6, 6.07) is 0. The number of Topliss-reactive ketones (excluding diaryl/α,β-unsaturated/α-hetero) is 1. The van der Waals surface area contributed by atoms with Crippen LogP contribution in [-0.2, 0) is 4.79 Å². The summed E-state index contributed by atoms with van der Waals surface area (Å²) in [7, 11) is 0. The van der Waals surface area contributed by atoms with Crippen molar-refractivity contribution in [2.75, 3.05) is 13.1 Å². The molecule has 1 heterocycles. The van der Waals surface area contributed by atoms with Gasteiger partial charge in [-0.05, 0) is 50.1 Å². The third-order valence-electron chi connectivity index (χ3n) is 5.28. The Kier molecular flexibility index (Phi) is 2.58. The van der Waals surface area contributed by atoms with Crippen molar-refractivity contribution in [2.45, 2.75) is 45.4 Å². The zero-order chi connectivity index (χ0) is 11.2. The summed E-state index contributed by atoms with van der Waals surface area (Å²) >= 11 is 0. The van der Waals surface area contributed by atoms with Crippen LogP contribution in [0.3, 0.4) is 0 Å². The number of nitrogens with one attached hydrogen (secondary N) is 1. The highest BCUT2D eigenvalue weighted by Gasteiger charge is 2.59. The van der Waals surface area contributed by atoms with Crippen LogP contribution < -0.4 is 5.32 Å². The van der Waals surface area contributed by atoms with Gasteiger partial charge >= 0.3 is 0 Å². The van der Waals surface area contributed by atoms with Gasteiger partial charge in [0.05, 0.1) is 0 Å². The molecule has 1 aliphatic heterocycles. The van der Waals surface area contributed by atoms with E-state index in [0.717, 1.165) is 19.5 Å². The number of carbonyl (C=O) groups is 1. The first-order valence-electron chi connectivity index (χ1n) is 6.97. The van der Waals surface area contributed by atoms with Crippen LogP contribution in [0.1, 0.15) is 45.4 Å². The summed E-state index contributed by atoms with van der Waals surface area (Å²) in [5, 5.41) is 3.39. The van der Waals surface area contributed by atoms with E-state index in [2.05, 4.69) is 12.2 Å². The van der Waals surface area contributed by atoms with E-state index in [1.165, 1.54) is 32.1 Å². The Hall–Kier alpha value is -0.370. The molecule has 3 atom stereocenters. The Bertz CT molecular complexity index is 293. The van der Waals surface area contributed by atoms with Gasteiger partial charge in [0.2, 0.25) is 0 Å². The van der Waals surface area contributed by atoms with Gasteiger partial charge in [0, 0.05) is 11.8 Å². The fourth-order valence-corrected chi connectivity index (χ4v) is 4.08. The zero-order valence-electron chi connectivity index (χ0n) is 10.3. The Labute approximate surface area is 98.2 Å². The number of carbonyl (C=O) groups excluding carboxylic acids is 1. The van der Waals surface area contributed by atoms with Gasteiger partial charge in [0.1, 0.15) is 5.78 Å². The van der Waals surface area contributed by atoms with Crippen LogP contribution in [0, 0.1) is 23.2 Å². The molecule has 90 valence electrons. The standard InChI is InChI=1S/C14H23NO/c1-10-9-15-7-4-11(10)13(16)12-8-14(12)5-2-3-6-14/h10-12,15H,2-9H2,1H3. The van der Waals surface area contributed by atoms with Crippen molar-refractivity contribution in [3.63, 3.8) is 0 Å². The Morgan fingerprint density at radius 2 is 2.06 bits per heavy atom. The van der Waals surface area contributed by atoms with Gasteiger partial charge in [-0.15, -0.1) is 0 Å². The normalized spacial score (nSPS) is 41.2. The first kappa shape index (κ1) is 10.8. The molecular formula is C14H23NO. The monoisotopic (exact) mass is 221 g/mol. The number of hydrogen-bond acceptors (Lipinski definition) is 2. The minimum atomic E-state index is 0.367. The third kappa shape index (κ3) is 1.62. The van der Waals surface area contributed by atoms with Crippen molar-refractivity contribution in [3.8, 4) is 0 Å². The van der Waals surface area contributed by atoms with E-state index in [4.69, 9.17) is 0 Å². The lowest BCUT2D eigenvalue weighted by molar-refractivity contribution is -0.127. The second-order valence-electron chi connectivity index (χ2n) is 6.31. The van der Waals surface area contributed by atoms with Gasteiger partial charge in [0.25, 0.3) is 0 Å². The molecule has 0 amide bonds. The Morgan fingerprint density at radius 1 is 1.31 bits per heavy atom. The van der Waals surface area contributed by atoms with Crippen LogP contribution in [0.4, 0.5) is 0 Å². The van der Waals surface area contributed by atoms with E-state index in [0.29, 0.717) is 29.0 Å². The van der Waals surface area contributed by atoms with Crippen LogP contribution in [0.2, 0.25) is 0 Å². The summed E-state index contributed by atoms with van der Waals surface area (Å²) in [5.74, 6) is 2.00. The molecule has 2 aliphatic carbocycles. The Balaban J connectivity index is 1.65. The smallest absolute Gasteiger partial charge is 0.139 e. The lowest BCUT2D eigenvalue weighted by Crippen LogP contribution is -2.39. The van der Waals surface area contributed by atoms with Gasteiger partial charge < -0.3 is 5.32 Å². The maximum atomic E-state index is 12.5. The molecule has 1 N–H and O–H groups in total. The quantitative estimate of drug-likeness (QED) is 0.775. The molecule has 1 saturated heterocycles. The van der Waals surface area contributed by atoms with Gasteiger partial charge in [0.15, 0.2) is 0 Å². The predicted molar refractivity (Wildman–Crippen MR) is 64.2 cm³/mol. The number of ketones is 1. The van der Waals surface area contributed by atoms with Crippen molar-refractivity contribution in [1.29, 1.82) is 0 Å². The molecule has 2 nitrogen and oxygen atoms in total. The molecule has 0 bridgehead atoms. The molecular weight excluding hydrogens is 198 g/mol. The second-order valence-corrected chi connectivity index (χ2v) is 6.31. The van der Waals surface area contributed by atoms with Crippen LogP contribution >= 0.6 is 0 Å². The predicted octanol–water partition coefficient (Wildman–Crippen LogP) is 2.38. The average Bonchev–Trinajstić information content (AvgIpc) is 2.76. The maximum absolute atomic E-state index is 12.5. The number of piperidine rings is 1. The lowest BCUT2D eigenvalue weighted by Gasteiger charge is -2.29. The van der Waals surface area contributed by atoms with Crippen LogP contribution in [0.5, 0.6) is 0 Å². The molecule has 0 radical (unpaired) electrons. The lowest BCUT2D eigenvalue weighted by atomic mass is 9.81. The summed E-state index contributed by atoms with van der Waals surface area (Å²) in [5.41, 5.74) is 0.502. The molecule has 3 unspecified atom stereocenters. The molecule has 0 aromatic heterocycles. The van der Waals surface area contributed by atoms with Crippen molar-refractivity contribution in [3.05, 3.63) is 0 Å². The van der Waals surface area contributed by atoms with Gasteiger partial charge in [-0.3, -0.25) is 4.79 Å². The minimum Gasteiger partial charge on any atom is -0.316 e. The molecule has 0 aromatic rings. The molecule has 3 rings (SSSR count). The van der Waals surface area contributed by atoms with E-state index in [-0.39, 0.29) is 0 Å². The topological polar surface area (TPSA) is 29.1 Å². The van der Waals surface area contributed by atoms with Gasteiger partial charge in [-0.2, -0.15) is 0 Å². The van der Waals surface area contributed by atoms with E-state index in [1.54, 1.807) is 0 Å². The maximum Gasteiger partial charge on any atom is 0.139 e. The third-order valence-corrected chi connectivity index (χ3v) is 5.28. The summed E-state index contributed by atoms with van der Waals surface area (Å²) in [6.07, 6.45) is 7.71. The Morgan fingerprint density at radius 3 is 2.75 bits per heavy atom. The van der Waals surface area contributed by atoms with E-state index in [1.807, 2.05) is 0 Å². The highest BCUT2D eigenvalue weighted by Crippen LogP contribution is 2.64. The molecule has 0 aromatic carbocycles. The van der Waals surface area contributed by atoms with E-state index in [9.17, 15) is 4.79 Å². The average molecular weight is 221 g/mol. The van der Waals surface area contributed by atoms with Crippen LogP contribution in [-0.4, -0.2) is 18.9 Å². The number of hydrogen-bond donors (Lipinski definition) is 1. The van der Waals surface area contributed by atoms with Crippen molar-refractivity contribution in [1.82, 2.24) is 5.32 Å². The van der Waals surface area contributed by atoms with Gasteiger partial charge in [-0.1, -0.05) is 19.8 Å². The minimum absolute atomic E-state index is 0.367. The number of rotatable bonds is 2. The molecule has 1 spiro atoms. The van der Waals surface area contributed by atoms with Crippen molar-refractivity contribution in [2.24, 2.45) is 23.2 Å². The second kappa shape index (κ2) is 3.83. The molecule has 2 heteroatoms. The van der Waals surface area contributed by atoms with Gasteiger partial charge in [-0.25, -0.2) is 0 Å². The summed E-state index contributed by atoms with van der Waals surface area (Å²) in [6.45, 7) is 4.31. The molecule has 3 fully saturated rings. The van der Waals surface area contributed by atoms with E-state index >= 15 is 0 Å². The summed E-state index contributed by atoms with van der Waals surface area (Å²) < 4.78 is 0. The van der Waals surface area contributed by atoms with Crippen LogP contribution in [0.15, 0.2) is 0 Å². The highest BCUT2D eigenvalue weighted by atomic mass is 16.1. The summed E-state index contributed by atoms with van der Waals surface area (Å²) in [4.78, 5) is 12.5. The highest BCUT2D eigenvalue weighted by molar-refractivity contribution is 5.87. The molecule has 16 heavy (non-hydrogen) atoms. The van der Waals surface area contributed by atoms with E-state index < -0.39 is 0 Å². The van der Waals surface area contributed by atoms with Crippen LogP contribution in [0.25, 0.3) is 0 Å². The molecule has 2 saturated carbocycles. The fraction of sp³-hybridized carbons (Fsp3) is 0.929. The van der Waals surface area contributed by atoms with Crippen molar-refractivity contribution >= 4 is 5.78 Å². The fourth-order valence-electron chi connectivity index (χ4n) is 4.08. The first-order valence-corrected chi connectivity index (χ1v) is 6.97. The SMILES string of the molecule is CC1CNCCC1C(=O)C1CC12CCCC2. The molecule has 3 aliphatic rings.